The number of H-pyrrole nitrogens is 1. The summed E-state index contributed by atoms with van der Waals surface area (Å²) in [6, 6.07) is 9.88. The van der Waals surface area contributed by atoms with Crippen molar-refractivity contribution in [2.75, 3.05) is 11.1 Å². The van der Waals surface area contributed by atoms with Crippen molar-refractivity contribution in [1.82, 2.24) is 14.8 Å². The van der Waals surface area contributed by atoms with Gasteiger partial charge in [-0.05, 0) is 18.2 Å². The average molecular weight is 311 g/mol. The van der Waals surface area contributed by atoms with E-state index in [1.807, 2.05) is 0 Å². The van der Waals surface area contributed by atoms with E-state index in [9.17, 15) is 14.4 Å². The highest BCUT2D eigenvalue weighted by Gasteiger charge is 2.16. The second kappa shape index (κ2) is 5.41. The molecule has 0 unspecified atom stereocenters. The summed E-state index contributed by atoms with van der Waals surface area (Å²) < 4.78 is 1.01. The minimum Gasteiger partial charge on any atom is -0.382 e. The fourth-order valence-electron chi connectivity index (χ4n) is 2.20. The van der Waals surface area contributed by atoms with Gasteiger partial charge in [-0.3, -0.25) is 14.4 Å². The molecule has 4 N–H and O–H groups in total. The van der Waals surface area contributed by atoms with Gasteiger partial charge in [0.15, 0.2) is 5.82 Å². The van der Waals surface area contributed by atoms with E-state index >= 15 is 0 Å². The summed E-state index contributed by atoms with van der Waals surface area (Å²) in [5.74, 6) is -0.724. The summed E-state index contributed by atoms with van der Waals surface area (Å²) in [4.78, 5) is 38.3. The summed E-state index contributed by atoms with van der Waals surface area (Å²) in [5, 5.41) is 6.77. The predicted octanol–water partition coefficient (Wildman–Crippen LogP) is 1.22. The van der Waals surface area contributed by atoms with Crippen molar-refractivity contribution < 1.29 is 9.59 Å². The first-order chi connectivity index (χ1) is 11.0. The summed E-state index contributed by atoms with van der Waals surface area (Å²) in [7, 11) is 0. The van der Waals surface area contributed by atoms with Gasteiger partial charge in [0, 0.05) is 12.5 Å². The topological polar surface area (TPSA) is 123 Å². The summed E-state index contributed by atoms with van der Waals surface area (Å²) >= 11 is 0. The Labute approximate surface area is 129 Å². The molecule has 1 aromatic carbocycles. The molecule has 3 rings (SSSR count). The van der Waals surface area contributed by atoms with Crippen LogP contribution in [-0.4, -0.2) is 26.6 Å². The van der Waals surface area contributed by atoms with Crippen molar-refractivity contribution in [2.45, 2.75) is 6.92 Å². The SMILES string of the molecule is CC(=O)n1nc(N)c2cc(NC(=O)c3ccccc3)c(=O)[nH]c21. The van der Waals surface area contributed by atoms with Gasteiger partial charge in [-0.1, -0.05) is 18.2 Å². The van der Waals surface area contributed by atoms with E-state index in [1.165, 1.54) is 13.0 Å². The molecule has 0 aliphatic heterocycles. The van der Waals surface area contributed by atoms with Gasteiger partial charge < -0.3 is 16.0 Å². The van der Waals surface area contributed by atoms with Crippen LogP contribution in [0.15, 0.2) is 41.2 Å². The Balaban J connectivity index is 2.04. The lowest BCUT2D eigenvalue weighted by Crippen LogP contribution is -2.20. The Hall–Kier alpha value is -3.42. The molecule has 0 fully saturated rings. The van der Waals surface area contributed by atoms with E-state index in [1.54, 1.807) is 30.3 Å². The van der Waals surface area contributed by atoms with E-state index in [0.29, 0.717) is 10.9 Å². The zero-order valence-corrected chi connectivity index (χ0v) is 12.2. The van der Waals surface area contributed by atoms with E-state index in [0.717, 1.165) is 4.68 Å². The minimum atomic E-state index is -0.552. The van der Waals surface area contributed by atoms with Gasteiger partial charge in [-0.25, -0.2) is 0 Å². The number of aromatic amines is 1. The molecule has 8 heteroatoms. The minimum absolute atomic E-state index is 0.0288. The zero-order valence-electron chi connectivity index (χ0n) is 12.2. The molecule has 116 valence electrons. The molecule has 2 heterocycles. The van der Waals surface area contributed by atoms with Crippen molar-refractivity contribution in [3.63, 3.8) is 0 Å². The van der Waals surface area contributed by atoms with Gasteiger partial charge in [0.2, 0.25) is 5.91 Å². The summed E-state index contributed by atoms with van der Waals surface area (Å²) in [6.07, 6.45) is 0. The van der Waals surface area contributed by atoms with E-state index in [2.05, 4.69) is 15.4 Å². The number of hydrogen-bond donors (Lipinski definition) is 3. The maximum atomic E-state index is 12.1. The monoisotopic (exact) mass is 311 g/mol. The Morgan fingerprint density at radius 3 is 2.61 bits per heavy atom. The number of hydrogen-bond acceptors (Lipinski definition) is 5. The second-order valence-electron chi connectivity index (χ2n) is 4.91. The Bertz CT molecular complexity index is 972. The number of pyridine rings is 1. The molecule has 0 atom stereocenters. The number of carbonyl (C=O) groups excluding carboxylic acids is 2. The van der Waals surface area contributed by atoms with Crippen LogP contribution in [0.4, 0.5) is 11.5 Å². The lowest BCUT2D eigenvalue weighted by atomic mass is 10.2. The number of nitrogens with zero attached hydrogens (tertiary/aromatic N) is 2. The standard InChI is InChI=1S/C15H13N5O3/c1-8(21)20-13-10(12(16)19-20)7-11(15(23)18-13)17-14(22)9-5-3-2-4-6-9/h2-7H,1H3,(H2,16,19)(H,17,22)(H,18,23). The molecule has 8 nitrogen and oxygen atoms in total. The highest BCUT2D eigenvalue weighted by molar-refractivity contribution is 6.05. The highest BCUT2D eigenvalue weighted by Crippen LogP contribution is 2.20. The van der Waals surface area contributed by atoms with Crippen LogP contribution in [0.3, 0.4) is 0 Å². The number of nitrogen functional groups attached to an aromatic ring is 1. The van der Waals surface area contributed by atoms with Crippen molar-refractivity contribution >= 4 is 34.4 Å². The lowest BCUT2D eigenvalue weighted by Gasteiger charge is -2.05. The molecular formula is C15H13N5O3. The van der Waals surface area contributed by atoms with Crippen LogP contribution in [0, 0.1) is 0 Å². The maximum absolute atomic E-state index is 12.1. The van der Waals surface area contributed by atoms with E-state index in [-0.39, 0.29) is 23.1 Å². The van der Waals surface area contributed by atoms with Crippen molar-refractivity contribution in [3.05, 3.63) is 52.3 Å². The quantitative estimate of drug-likeness (QED) is 0.656. The first kappa shape index (κ1) is 14.5. The number of fused-ring (bicyclic) bond motifs is 1. The van der Waals surface area contributed by atoms with Crippen LogP contribution in [0.2, 0.25) is 0 Å². The molecule has 0 saturated carbocycles. The molecule has 0 radical (unpaired) electrons. The highest BCUT2D eigenvalue weighted by atomic mass is 16.2. The Kier molecular flexibility index (Phi) is 3.41. The van der Waals surface area contributed by atoms with Crippen LogP contribution in [-0.2, 0) is 0 Å². The molecule has 0 saturated heterocycles. The number of rotatable bonds is 2. The molecule has 2 aromatic heterocycles. The van der Waals surface area contributed by atoms with Crippen LogP contribution in [0.25, 0.3) is 11.0 Å². The Morgan fingerprint density at radius 2 is 1.96 bits per heavy atom. The fourth-order valence-corrected chi connectivity index (χ4v) is 2.20. The first-order valence-electron chi connectivity index (χ1n) is 6.76. The lowest BCUT2D eigenvalue weighted by molar-refractivity contribution is 0.0925. The third-order valence-corrected chi connectivity index (χ3v) is 3.30. The molecule has 3 aromatic rings. The predicted molar refractivity (Wildman–Crippen MR) is 85.5 cm³/mol. The second-order valence-corrected chi connectivity index (χ2v) is 4.91. The van der Waals surface area contributed by atoms with Crippen LogP contribution < -0.4 is 16.6 Å². The summed E-state index contributed by atoms with van der Waals surface area (Å²) in [5.41, 5.74) is 5.84. The smallest absolute Gasteiger partial charge is 0.273 e. The zero-order chi connectivity index (χ0) is 16.6. The van der Waals surface area contributed by atoms with Crippen molar-refractivity contribution in [3.8, 4) is 0 Å². The number of carbonyl (C=O) groups is 2. The number of aromatic nitrogens is 3. The van der Waals surface area contributed by atoms with Gasteiger partial charge in [0.1, 0.15) is 11.3 Å². The van der Waals surface area contributed by atoms with Gasteiger partial charge in [0.05, 0.1) is 5.39 Å². The third-order valence-electron chi connectivity index (χ3n) is 3.30. The molecule has 23 heavy (non-hydrogen) atoms. The first-order valence-corrected chi connectivity index (χ1v) is 6.76. The summed E-state index contributed by atoms with van der Waals surface area (Å²) in [6.45, 7) is 1.30. The fraction of sp³-hybridized carbons (Fsp3) is 0.0667. The van der Waals surface area contributed by atoms with Crippen molar-refractivity contribution in [1.29, 1.82) is 0 Å². The maximum Gasteiger partial charge on any atom is 0.273 e. The van der Waals surface area contributed by atoms with Gasteiger partial charge in [-0.15, -0.1) is 5.10 Å². The van der Waals surface area contributed by atoms with E-state index in [4.69, 9.17) is 5.73 Å². The van der Waals surface area contributed by atoms with Crippen LogP contribution in [0.1, 0.15) is 22.1 Å². The molecule has 0 aliphatic rings. The molecule has 0 bridgehead atoms. The van der Waals surface area contributed by atoms with E-state index < -0.39 is 11.5 Å². The third kappa shape index (κ3) is 2.57. The molecule has 0 aliphatic carbocycles. The molecular weight excluding hydrogens is 298 g/mol. The largest absolute Gasteiger partial charge is 0.382 e. The van der Waals surface area contributed by atoms with Crippen LogP contribution >= 0.6 is 0 Å². The van der Waals surface area contributed by atoms with Gasteiger partial charge in [0.25, 0.3) is 11.5 Å². The van der Waals surface area contributed by atoms with Crippen molar-refractivity contribution in [2.24, 2.45) is 0 Å². The normalized spacial score (nSPS) is 10.7. The number of anilines is 2. The Morgan fingerprint density at radius 1 is 1.26 bits per heavy atom. The number of amides is 1. The molecule has 0 spiro atoms. The van der Waals surface area contributed by atoms with Gasteiger partial charge in [-0.2, -0.15) is 4.68 Å². The number of nitrogens with two attached hydrogens (primary N) is 1. The number of nitrogens with one attached hydrogen (secondary N) is 2. The number of benzene rings is 1. The van der Waals surface area contributed by atoms with Crippen LogP contribution in [0.5, 0.6) is 0 Å². The molecule has 1 amide bonds. The average Bonchev–Trinajstić information content (AvgIpc) is 2.85. The van der Waals surface area contributed by atoms with Gasteiger partial charge >= 0.3 is 0 Å².